The van der Waals surface area contributed by atoms with Crippen LogP contribution in [-0.2, 0) is 0 Å². The Kier molecular flexibility index (Phi) is 2.11. The van der Waals surface area contributed by atoms with Crippen LogP contribution >= 0.6 is 11.3 Å². The lowest BCUT2D eigenvalue weighted by molar-refractivity contribution is 0.412. The molecule has 0 fully saturated rings. The fourth-order valence-electron chi connectivity index (χ4n) is 1.56. The fourth-order valence-corrected chi connectivity index (χ4v) is 2.21. The lowest BCUT2D eigenvalue weighted by Gasteiger charge is -1.96. The Balaban J connectivity index is 2.10. The highest BCUT2D eigenvalue weighted by molar-refractivity contribution is 7.11. The van der Waals surface area contributed by atoms with E-state index in [-0.39, 0.29) is 0 Å². The Morgan fingerprint density at radius 1 is 1.44 bits per heavy atom. The number of H-pyrrole nitrogens is 1. The van der Waals surface area contributed by atoms with Crippen molar-refractivity contribution in [1.82, 2.24) is 15.0 Å². The van der Waals surface area contributed by atoms with Crippen molar-refractivity contribution in [1.29, 1.82) is 0 Å². The van der Waals surface area contributed by atoms with Gasteiger partial charge in [0.25, 0.3) is 5.19 Å². The van der Waals surface area contributed by atoms with Gasteiger partial charge in [-0.2, -0.15) is 0 Å². The predicted octanol–water partition coefficient (Wildman–Crippen LogP) is 2.70. The molecule has 0 aromatic carbocycles. The van der Waals surface area contributed by atoms with E-state index in [1.807, 2.05) is 23.8 Å². The summed E-state index contributed by atoms with van der Waals surface area (Å²) in [6.45, 7) is 0. The van der Waals surface area contributed by atoms with Gasteiger partial charge in [-0.15, -0.1) is 0 Å². The van der Waals surface area contributed by atoms with Crippen LogP contribution in [0.5, 0.6) is 5.19 Å². The molecular formula is C11H9N3OS. The molecule has 0 aliphatic rings. The van der Waals surface area contributed by atoms with Crippen molar-refractivity contribution in [2.24, 2.45) is 0 Å². The van der Waals surface area contributed by atoms with Crippen molar-refractivity contribution in [2.45, 2.75) is 0 Å². The summed E-state index contributed by atoms with van der Waals surface area (Å²) in [4.78, 5) is 11.7. The van der Waals surface area contributed by atoms with Gasteiger partial charge in [-0.25, -0.2) is 9.97 Å². The number of fused-ring (bicyclic) bond motifs is 1. The maximum atomic E-state index is 5.07. The van der Waals surface area contributed by atoms with Crippen molar-refractivity contribution in [3.63, 3.8) is 0 Å². The molecule has 0 aliphatic heterocycles. The second-order valence-corrected chi connectivity index (χ2v) is 4.16. The Labute approximate surface area is 95.9 Å². The van der Waals surface area contributed by atoms with Gasteiger partial charge in [0, 0.05) is 28.7 Å². The molecule has 16 heavy (non-hydrogen) atoms. The molecule has 0 radical (unpaired) electrons. The van der Waals surface area contributed by atoms with E-state index < -0.39 is 0 Å². The number of pyridine rings is 1. The van der Waals surface area contributed by atoms with Gasteiger partial charge >= 0.3 is 0 Å². The van der Waals surface area contributed by atoms with Gasteiger partial charge in [-0.3, -0.25) is 0 Å². The number of methoxy groups -OCH3 is 1. The van der Waals surface area contributed by atoms with Crippen LogP contribution in [0, 0.1) is 0 Å². The lowest BCUT2D eigenvalue weighted by Crippen LogP contribution is -1.83. The smallest absolute Gasteiger partial charge is 0.273 e. The summed E-state index contributed by atoms with van der Waals surface area (Å²) in [6, 6.07) is 4.06. The zero-order valence-corrected chi connectivity index (χ0v) is 9.41. The summed E-state index contributed by atoms with van der Waals surface area (Å²) in [5.74, 6) is 0. The molecule has 0 spiro atoms. The van der Waals surface area contributed by atoms with Crippen molar-refractivity contribution in [2.75, 3.05) is 7.11 Å². The molecule has 80 valence electrons. The molecule has 0 atom stereocenters. The maximum Gasteiger partial charge on any atom is 0.273 e. The van der Waals surface area contributed by atoms with E-state index in [4.69, 9.17) is 4.74 Å². The van der Waals surface area contributed by atoms with Crippen molar-refractivity contribution >= 4 is 22.4 Å². The molecule has 0 amide bonds. The van der Waals surface area contributed by atoms with E-state index in [1.54, 1.807) is 7.11 Å². The highest BCUT2D eigenvalue weighted by Gasteiger charge is 2.06. The molecule has 3 rings (SSSR count). The number of nitrogens with zero attached hydrogens (tertiary/aromatic N) is 2. The first-order valence-corrected chi connectivity index (χ1v) is 5.68. The summed E-state index contributed by atoms with van der Waals surface area (Å²) < 4.78 is 5.07. The molecule has 3 heterocycles. The molecule has 3 aromatic rings. The van der Waals surface area contributed by atoms with E-state index in [0.29, 0.717) is 5.19 Å². The fraction of sp³-hybridized carbons (Fsp3) is 0.0909. The van der Waals surface area contributed by atoms with Gasteiger partial charge in [0.05, 0.1) is 12.8 Å². The Bertz CT molecular complexity index is 629. The van der Waals surface area contributed by atoms with Crippen LogP contribution in [0.25, 0.3) is 22.3 Å². The van der Waals surface area contributed by atoms with Gasteiger partial charge in [0.1, 0.15) is 5.65 Å². The third-order valence-electron chi connectivity index (χ3n) is 2.35. The number of aromatic amines is 1. The molecule has 0 saturated carbocycles. The van der Waals surface area contributed by atoms with Crippen LogP contribution in [-0.4, -0.2) is 22.1 Å². The van der Waals surface area contributed by atoms with E-state index in [9.17, 15) is 0 Å². The van der Waals surface area contributed by atoms with Gasteiger partial charge in [0.15, 0.2) is 0 Å². The second kappa shape index (κ2) is 3.61. The molecule has 0 saturated heterocycles. The van der Waals surface area contributed by atoms with Crippen LogP contribution in [0.4, 0.5) is 0 Å². The Morgan fingerprint density at radius 3 is 3.19 bits per heavy atom. The third kappa shape index (κ3) is 1.45. The van der Waals surface area contributed by atoms with Crippen molar-refractivity contribution in [3.05, 3.63) is 29.9 Å². The first kappa shape index (κ1) is 9.35. The standard InChI is InChI=1S/C11H9N3OS/c1-15-11-14-9(6-16-11)8-4-7-2-3-12-10(7)13-5-8/h2-6H,1H3,(H,12,13). The minimum atomic E-state index is 0.671. The van der Waals surface area contributed by atoms with Crippen LogP contribution in [0.15, 0.2) is 29.9 Å². The van der Waals surface area contributed by atoms with Gasteiger partial charge in [0.2, 0.25) is 0 Å². The average Bonchev–Trinajstić information content (AvgIpc) is 2.96. The number of hydrogen-bond donors (Lipinski definition) is 1. The number of aromatic nitrogens is 3. The summed E-state index contributed by atoms with van der Waals surface area (Å²) in [5.41, 5.74) is 2.80. The largest absolute Gasteiger partial charge is 0.473 e. The molecule has 4 nitrogen and oxygen atoms in total. The number of ether oxygens (including phenoxy) is 1. The summed E-state index contributed by atoms with van der Waals surface area (Å²) in [5, 5.41) is 3.72. The van der Waals surface area contributed by atoms with Crippen molar-refractivity contribution in [3.8, 4) is 16.5 Å². The topological polar surface area (TPSA) is 50.8 Å². The minimum Gasteiger partial charge on any atom is -0.473 e. The number of nitrogens with one attached hydrogen (secondary N) is 1. The molecule has 5 heteroatoms. The molecule has 0 aliphatic carbocycles. The van der Waals surface area contributed by atoms with Crippen molar-refractivity contribution < 1.29 is 4.74 Å². The summed E-state index contributed by atoms with van der Waals surface area (Å²) in [6.07, 6.45) is 3.69. The first-order valence-electron chi connectivity index (χ1n) is 4.80. The molecule has 0 bridgehead atoms. The number of thiazole rings is 1. The predicted molar refractivity (Wildman–Crippen MR) is 63.8 cm³/mol. The van der Waals surface area contributed by atoms with E-state index in [1.165, 1.54) is 11.3 Å². The summed E-state index contributed by atoms with van der Waals surface area (Å²) in [7, 11) is 1.62. The third-order valence-corrected chi connectivity index (χ3v) is 3.15. The number of rotatable bonds is 2. The highest BCUT2D eigenvalue weighted by atomic mass is 32.1. The minimum absolute atomic E-state index is 0.671. The normalized spacial score (nSPS) is 10.8. The SMILES string of the molecule is COc1nc(-c2cnc3[nH]ccc3c2)cs1. The van der Waals surface area contributed by atoms with Gasteiger partial charge < -0.3 is 9.72 Å². The van der Waals surface area contributed by atoms with Crippen LogP contribution < -0.4 is 4.74 Å². The quantitative estimate of drug-likeness (QED) is 0.737. The van der Waals surface area contributed by atoms with E-state index >= 15 is 0 Å². The molecule has 3 aromatic heterocycles. The second-order valence-electron chi connectivity index (χ2n) is 3.34. The average molecular weight is 231 g/mol. The molecule has 0 unspecified atom stereocenters. The summed E-state index contributed by atoms with van der Waals surface area (Å²) >= 11 is 1.48. The molecular weight excluding hydrogens is 222 g/mol. The highest BCUT2D eigenvalue weighted by Crippen LogP contribution is 2.27. The van der Waals surface area contributed by atoms with E-state index in [2.05, 4.69) is 21.0 Å². The van der Waals surface area contributed by atoms with E-state index in [0.717, 1.165) is 22.3 Å². The Morgan fingerprint density at radius 2 is 2.38 bits per heavy atom. The first-order chi connectivity index (χ1) is 7.86. The van der Waals surface area contributed by atoms with Gasteiger partial charge in [-0.1, -0.05) is 11.3 Å². The van der Waals surface area contributed by atoms with Gasteiger partial charge in [-0.05, 0) is 12.1 Å². The number of hydrogen-bond acceptors (Lipinski definition) is 4. The Hall–Kier alpha value is -1.88. The molecule has 1 N–H and O–H groups in total. The van der Waals surface area contributed by atoms with Crippen LogP contribution in [0.1, 0.15) is 0 Å². The zero-order chi connectivity index (χ0) is 11.0. The monoisotopic (exact) mass is 231 g/mol. The maximum absolute atomic E-state index is 5.07. The zero-order valence-electron chi connectivity index (χ0n) is 8.60. The van der Waals surface area contributed by atoms with Crippen LogP contribution in [0.2, 0.25) is 0 Å². The lowest BCUT2D eigenvalue weighted by atomic mass is 10.2. The van der Waals surface area contributed by atoms with Crippen LogP contribution in [0.3, 0.4) is 0 Å².